The summed E-state index contributed by atoms with van der Waals surface area (Å²) in [5.74, 6) is 0. The Bertz CT molecular complexity index is 99.6. The molecule has 60 valence electrons. The van der Waals surface area contributed by atoms with Crippen LogP contribution in [0.3, 0.4) is 0 Å². The van der Waals surface area contributed by atoms with E-state index >= 15 is 0 Å². The molecule has 1 aliphatic heterocycles. The van der Waals surface area contributed by atoms with Gasteiger partial charge in [-0.1, -0.05) is 6.92 Å². The second-order valence-electron chi connectivity index (χ2n) is 2.57. The Morgan fingerprint density at radius 2 is 2.50 bits per heavy atom. The van der Waals surface area contributed by atoms with Crippen LogP contribution in [-0.4, -0.2) is 36.9 Å². The topological polar surface area (TPSA) is 12.5 Å². The van der Waals surface area contributed by atoms with Gasteiger partial charge in [0.05, 0.1) is 6.10 Å². The van der Waals surface area contributed by atoms with Gasteiger partial charge in [-0.25, -0.2) is 0 Å². The summed E-state index contributed by atoms with van der Waals surface area (Å²) in [6, 6.07) is 0. The lowest BCUT2D eigenvalue weighted by Gasteiger charge is -2.11. The normalized spacial score (nSPS) is 27.6. The molecule has 3 heteroatoms. The van der Waals surface area contributed by atoms with E-state index < -0.39 is 0 Å². The largest absolute Gasteiger partial charge is 0.311 e. The lowest BCUT2D eigenvalue weighted by molar-refractivity contribution is 0.238. The zero-order valence-electron chi connectivity index (χ0n) is 6.67. The summed E-state index contributed by atoms with van der Waals surface area (Å²) in [7, 11) is 0. The van der Waals surface area contributed by atoms with Crippen molar-refractivity contribution in [2.75, 3.05) is 25.9 Å². The minimum Gasteiger partial charge on any atom is -0.311 e. The van der Waals surface area contributed by atoms with Crippen molar-refractivity contribution < 1.29 is 4.18 Å². The second-order valence-corrected chi connectivity index (χ2v) is 3.09. The monoisotopic (exact) mass is 161 g/mol. The van der Waals surface area contributed by atoms with Crippen LogP contribution in [0.25, 0.3) is 0 Å². The quantitative estimate of drug-likeness (QED) is 0.580. The van der Waals surface area contributed by atoms with E-state index in [4.69, 9.17) is 4.18 Å². The molecular formula is C7H15NOS. The Morgan fingerprint density at radius 3 is 3.00 bits per heavy atom. The summed E-state index contributed by atoms with van der Waals surface area (Å²) in [6.07, 6.45) is 3.67. The van der Waals surface area contributed by atoms with Crippen LogP contribution in [0.2, 0.25) is 0 Å². The summed E-state index contributed by atoms with van der Waals surface area (Å²) >= 11 is 1.48. The third kappa shape index (κ3) is 2.15. The maximum Gasteiger partial charge on any atom is 0.0861 e. The van der Waals surface area contributed by atoms with Gasteiger partial charge in [-0.3, -0.25) is 0 Å². The van der Waals surface area contributed by atoms with Gasteiger partial charge in [0.1, 0.15) is 0 Å². The highest BCUT2D eigenvalue weighted by Crippen LogP contribution is 2.15. The fourth-order valence-corrected chi connectivity index (χ4v) is 1.73. The third-order valence-corrected chi connectivity index (χ3v) is 2.37. The maximum absolute atomic E-state index is 5.41. The average Bonchev–Trinajstić information content (AvgIpc) is 2.37. The van der Waals surface area contributed by atoms with Crippen LogP contribution in [0, 0.1) is 0 Å². The first-order chi connectivity index (χ1) is 4.86. The van der Waals surface area contributed by atoms with Crippen molar-refractivity contribution in [3.8, 4) is 0 Å². The molecule has 0 aliphatic carbocycles. The van der Waals surface area contributed by atoms with Crippen LogP contribution in [0.5, 0.6) is 0 Å². The first-order valence-corrected chi connectivity index (χ1v) is 4.93. The molecule has 0 amide bonds. The molecule has 10 heavy (non-hydrogen) atoms. The summed E-state index contributed by atoms with van der Waals surface area (Å²) in [5.41, 5.74) is 0. The van der Waals surface area contributed by atoms with Gasteiger partial charge in [0.2, 0.25) is 0 Å². The molecule has 1 aliphatic rings. The van der Waals surface area contributed by atoms with E-state index in [0.29, 0.717) is 6.10 Å². The first-order valence-electron chi connectivity index (χ1n) is 3.78. The molecule has 0 aromatic carbocycles. The van der Waals surface area contributed by atoms with Gasteiger partial charge in [-0.2, -0.15) is 0 Å². The maximum atomic E-state index is 5.41. The van der Waals surface area contributed by atoms with E-state index in [2.05, 4.69) is 11.8 Å². The Kier molecular flexibility index (Phi) is 3.52. The molecule has 1 atom stereocenters. The summed E-state index contributed by atoms with van der Waals surface area (Å²) < 4.78 is 5.41. The summed E-state index contributed by atoms with van der Waals surface area (Å²) in [4.78, 5) is 2.42. The van der Waals surface area contributed by atoms with Crippen molar-refractivity contribution in [2.45, 2.75) is 19.4 Å². The Labute approximate surface area is 67.1 Å². The summed E-state index contributed by atoms with van der Waals surface area (Å²) in [5, 5.41) is 0. The molecule has 2 nitrogen and oxygen atoms in total. The highest BCUT2D eigenvalue weighted by atomic mass is 32.2. The standard InChI is InChI=1S/C7H15NOS/c1-3-8-5-4-7(6-8)9-10-2/h7H,3-6H2,1-2H3. The molecule has 1 saturated heterocycles. The predicted molar refractivity (Wildman–Crippen MR) is 45.1 cm³/mol. The van der Waals surface area contributed by atoms with Crippen molar-refractivity contribution in [3.05, 3.63) is 0 Å². The van der Waals surface area contributed by atoms with Crippen LogP contribution < -0.4 is 0 Å². The highest BCUT2D eigenvalue weighted by Gasteiger charge is 2.21. The van der Waals surface area contributed by atoms with E-state index in [1.807, 2.05) is 6.26 Å². The molecule has 0 aromatic rings. The zero-order valence-corrected chi connectivity index (χ0v) is 7.49. The van der Waals surface area contributed by atoms with Gasteiger partial charge in [0.25, 0.3) is 0 Å². The number of rotatable bonds is 3. The van der Waals surface area contributed by atoms with Crippen LogP contribution in [-0.2, 0) is 4.18 Å². The lowest BCUT2D eigenvalue weighted by Crippen LogP contribution is -2.21. The Hall–Kier alpha value is 0.270. The fraction of sp³-hybridized carbons (Fsp3) is 1.00. The van der Waals surface area contributed by atoms with Crippen LogP contribution in [0.1, 0.15) is 13.3 Å². The van der Waals surface area contributed by atoms with Crippen LogP contribution in [0.15, 0.2) is 0 Å². The van der Waals surface area contributed by atoms with Crippen molar-refractivity contribution in [3.63, 3.8) is 0 Å². The number of nitrogens with zero attached hydrogens (tertiary/aromatic N) is 1. The van der Waals surface area contributed by atoms with Gasteiger partial charge < -0.3 is 9.08 Å². The van der Waals surface area contributed by atoms with Gasteiger partial charge in [-0.15, -0.1) is 0 Å². The SMILES string of the molecule is CCN1CCC(OSC)C1. The molecule has 0 N–H and O–H groups in total. The Morgan fingerprint density at radius 1 is 1.70 bits per heavy atom. The molecular weight excluding hydrogens is 146 g/mol. The minimum atomic E-state index is 0.481. The van der Waals surface area contributed by atoms with Crippen molar-refractivity contribution in [2.24, 2.45) is 0 Å². The molecule has 1 unspecified atom stereocenters. The third-order valence-electron chi connectivity index (χ3n) is 1.91. The summed E-state index contributed by atoms with van der Waals surface area (Å²) in [6.45, 7) is 5.69. The van der Waals surface area contributed by atoms with Crippen LogP contribution in [0.4, 0.5) is 0 Å². The molecule has 0 aromatic heterocycles. The van der Waals surface area contributed by atoms with E-state index in [9.17, 15) is 0 Å². The van der Waals surface area contributed by atoms with Crippen molar-refractivity contribution in [1.82, 2.24) is 4.90 Å². The minimum absolute atomic E-state index is 0.481. The van der Waals surface area contributed by atoms with Gasteiger partial charge in [0.15, 0.2) is 0 Å². The molecule has 0 spiro atoms. The number of likely N-dealkylation sites (tertiary alicyclic amines) is 1. The molecule has 1 rings (SSSR count). The molecule has 1 fully saturated rings. The second kappa shape index (κ2) is 4.21. The highest BCUT2D eigenvalue weighted by molar-refractivity contribution is 7.93. The Balaban J connectivity index is 2.15. The fourth-order valence-electron chi connectivity index (χ4n) is 1.30. The average molecular weight is 161 g/mol. The number of hydrogen-bond acceptors (Lipinski definition) is 3. The van der Waals surface area contributed by atoms with E-state index in [1.165, 1.54) is 25.0 Å². The molecule has 1 heterocycles. The van der Waals surface area contributed by atoms with Gasteiger partial charge in [0, 0.05) is 19.3 Å². The smallest absolute Gasteiger partial charge is 0.0861 e. The van der Waals surface area contributed by atoms with E-state index in [0.717, 1.165) is 13.1 Å². The van der Waals surface area contributed by atoms with Crippen molar-refractivity contribution >= 4 is 12.0 Å². The molecule has 0 saturated carbocycles. The predicted octanol–water partition coefficient (Wildman–Crippen LogP) is 1.38. The van der Waals surface area contributed by atoms with Gasteiger partial charge >= 0.3 is 0 Å². The number of likely N-dealkylation sites (N-methyl/N-ethyl adjacent to an activating group) is 1. The number of hydrogen-bond donors (Lipinski definition) is 0. The lowest BCUT2D eigenvalue weighted by atomic mass is 10.3. The molecule has 0 radical (unpaired) electrons. The molecule has 0 bridgehead atoms. The van der Waals surface area contributed by atoms with E-state index in [-0.39, 0.29) is 0 Å². The first kappa shape index (κ1) is 8.37. The van der Waals surface area contributed by atoms with E-state index in [1.54, 1.807) is 0 Å². The van der Waals surface area contributed by atoms with Gasteiger partial charge in [-0.05, 0) is 25.0 Å². The van der Waals surface area contributed by atoms with Crippen molar-refractivity contribution in [1.29, 1.82) is 0 Å². The zero-order chi connectivity index (χ0) is 7.40. The van der Waals surface area contributed by atoms with Crippen LogP contribution >= 0.6 is 12.0 Å².